The van der Waals surface area contributed by atoms with E-state index in [1.165, 1.54) is 58.2 Å². The highest BCUT2D eigenvalue weighted by Crippen LogP contribution is 2.19. The van der Waals surface area contributed by atoms with Crippen LogP contribution in [0, 0.1) is 0 Å². The van der Waals surface area contributed by atoms with E-state index in [9.17, 15) is 0 Å². The molecule has 2 aliphatic rings. The summed E-state index contributed by atoms with van der Waals surface area (Å²) < 4.78 is 0. The molecule has 0 aromatic carbocycles. The average Bonchev–Trinajstić information content (AvgIpc) is 2.67. The Morgan fingerprint density at radius 2 is 1.86 bits per heavy atom. The zero-order chi connectivity index (χ0) is 9.80. The Morgan fingerprint density at radius 3 is 2.50 bits per heavy atom. The Morgan fingerprint density at radius 1 is 1.07 bits per heavy atom. The fourth-order valence-corrected chi connectivity index (χ4v) is 2.86. The third-order valence-corrected chi connectivity index (χ3v) is 3.80. The molecule has 0 radical (unpaired) electrons. The lowest BCUT2D eigenvalue weighted by Gasteiger charge is -2.26. The molecule has 1 saturated carbocycles. The van der Waals surface area contributed by atoms with E-state index in [0.717, 1.165) is 12.1 Å². The van der Waals surface area contributed by atoms with Gasteiger partial charge >= 0.3 is 0 Å². The first-order valence-corrected chi connectivity index (χ1v) is 6.37. The summed E-state index contributed by atoms with van der Waals surface area (Å²) in [7, 11) is 0. The topological polar surface area (TPSA) is 15.3 Å². The van der Waals surface area contributed by atoms with Gasteiger partial charge in [-0.05, 0) is 32.4 Å². The van der Waals surface area contributed by atoms with Crippen LogP contribution in [0.3, 0.4) is 0 Å². The summed E-state index contributed by atoms with van der Waals surface area (Å²) in [6.07, 6.45) is 8.56. The molecule has 0 aromatic rings. The van der Waals surface area contributed by atoms with Crippen molar-refractivity contribution in [3.63, 3.8) is 0 Å². The van der Waals surface area contributed by atoms with Crippen molar-refractivity contribution in [2.24, 2.45) is 0 Å². The van der Waals surface area contributed by atoms with Gasteiger partial charge in [0.1, 0.15) is 0 Å². The van der Waals surface area contributed by atoms with E-state index in [2.05, 4.69) is 17.1 Å². The second-order valence-corrected chi connectivity index (χ2v) is 4.88. The zero-order valence-corrected chi connectivity index (χ0v) is 9.47. The van der Waals surface area contributed by atoms with E-state index in [0.29, 0.717) is 0 Å². The summed E-state index contributed by atoms with van der Waals surface area (Å²) in [6, 6.07) is 1.63. The Balaban J connectivity index is 1.69. The Kier molecular flexibility index (Phi) is 3.82. The molecule has 1 aliphatic carbocycles. The van der Waals surface area contributed by atoms with Crippen LogP contribution >= 0.6 is 0 Å². The number of rotatable bonds is 3. The second kappa shape index (κ2) is 5.13. The van der Waals surface area contributed by atoms with E-state index in [1.54, 1.807) is 0 Å². The van der Waals surface area contributed by atoms with Crippen LogP contribution in [0.15, 0.2) is 0 Å². The first-order chi connectivity index (χ1) is 6.88. The molecule has 2 fully saturated rings. The van der Waals surface area contributed by atoms with Crippen LogP contribution < -0.4 is 5.32 Å². The van der Waals surface area contributed by atoms with Crippen LogP contribution in [0.25, 0.3) is 0 Å². The van der Waals surface area contributed by atoms with Gasteiger partial charge in [0.15, 0.2) is 0 Å². The smallest absolute Gasteiger partial charge is 0.0209 e. The van der Waals surface area contributed by atoms with Crippen LogP contribution in [-0.4, -0.2) is 36.6 Å². The summed E-state index contributed by atoms with van der Waals surface area (Å²) in [4.78, 5) is 2.56. The van der Waals surface area contributed by atoms with Crippen molar-refractivity contribution in [2.45, 2.75) is 57.5 Å². The van der Waals surface area contributed by atoms with E-state index in [-0.39, 0.29) is 0 Å². The predicted octanol–water partition coefficient (Wildman–Crippen LogP) is 2.00. The minimum absolute atomic E-state index is 0.790. The maximum absolute atomic E-state index is 3.84. The highest BCUT2D eigenvalue weighted by Gasteiger charge is 2.24. The van der Waals surface area contributed by atoms with Crippen molar-refractivity contribution in [3.8, 4) is 0 Å². The Bertz CT molecular complexity index is 164. The van der Waals surface area contributed by atoms with Gasteiger partial charge in [-0.25, -0.2) is 0 Å². The molecule has 1 atom stereocenters. The maximum Gasteiger partial charge on any atom is 0.0209 e. The summed E-state index contributed by atoms with van der Waals surface area (Å²) >= 11 is 0. The van der Waals surface area contributed by atoms with Crippen molar-refractivity contribution in [2.75, 3.05) is 19.6 Å². The molecule has 1 heterocycles. The van der Waals surface area contributed by atoms with Gasteiger partial charge in [0.05, 0.1) is 0 Å². The summed E-state index contributed by atoms with van der Waals surface area (Å²) in [5.74, 6) is 0. The van der Waals surface area contributed by atoms with Crippen LogP contribution in [0.1, 0.15) is 45.4 Å². The normalized spacial score (nSPS) is 31.1. The van der Waals surface area contributed by atoms with Crippen LogP contribution in [0.4, 0.5) is 0 Å². The quantitative estimate of drug-likeness (QED) is 0.743. The predicted molar refractivity (Wildman–Crippen MR) is 60.5 cm³/mol. The maximum atomic E-state index is 3.84. The third-order valence-electron chi connectivity index (χ3n) is 3.80. The first kappa shape index (κ1) is 10.4. The largest absolute Gasteiger partial charge is 0.310 e. The van der Waals surface area contributed by atoms with Crippen LogP contribution in [0.2, 0.25) is 0 Å². The molecule has 82 valence electrons. The van der Waals surface area contributed by atoms with Gasteiger partial charge < -0.3 is 10.2 Å². The van der Waals surface area contributed by atoms with E-state index in [4.69, 9.17) is 0 Å². The van der Waals surface area contributed by atoms with Gasteiger partial charge in [-0.15, -0.1) is 0 Å². The average molecular weight is 196 g/mol. The molecule has 1 N–H and O–H groups in total. The van der Waals surface area contributed by atoms with Gasteiger partial charge in [0.2, 0.25) is 0 Å². The fourth-order valence-electron chi connectivity index (χ4n) is 2.86. The highest BCUT2D eigenvalue weighted by molar-refractivity contribution is 4.84. The second-order valence-electron chi connectivity index (χ2n) is 4.88. The van der Waals surface area contributed by atoms with Gasteiger partial charge in [-0.2, -0.15) is 0 Å². The van der Waals surface area contributed by atoms with Crippen molar-refractivity contribution in [1.29, 1.82) is 0 Å². The highest BCUT2D eigenvalue weighted by atomic mass is 15.2. The molecule has 0 unspecified atom stereocenters. The van der Waals surface area contributed by atoms with Crippen molar-refractivity contribution >= 4 is 0 Å². The Labute approximate surface area is 88.1 Å². The standard InChI is InChI=1S/C12H24N2/c1-2-14-9-8-12(10-14)13-11-6-4-3-5-7-11/h11-13H,2-10H2,1H3/t12-/m0/s1. The lowest BCUT2D eigenvalue weighted by molar-refractivity contribution is 0.312. The van der Waals surface area contributed by atoms with Gasteiger partial charge in [0.25, 0.3) is 0 Å². The molecule has 0 spiro atoms. The first-order valence-electron chi connectivity index (χ1n) is 6.37. The number of likely N-dealkylation sites (tertiary alicyclic amines) is 1. The molecule has 0 aromatic heterocycles. The van der Waals surface area contributed by atoms with Crippen molar-refractivity contribution < 1.29 is 0 Å². The molecular weight excluding hydrogens is 172 g/mol. The minimum atomic E-state index is 0.790. The van der Waals surface area contributed by atoms with Gasteiger partial charge in [-0.3, -0.25) is 0 Å². The summed E-state index contributed by atoms with van der Waals surface area (Å²) in [6.45, 7) is 6.08. The number of hydrogen-bond acceptors (Lipinski definition) is 2. The molecule has 0 bridgehead atoms. The van der Waals surface area contributed by atoms with Crippen LogP contribution in [-0.2, 0) is 0 Å². The summed E-state index contributed by atoms with van der Waals surface area (Å²) in [5, 5.41) is 3.84. The number of nitrogens with one attached hydrogen (secondary N) is 1. The Hall–Kier alpha value is -0.0800. The van der Waals surface area contributed by atoms with Crippen LogP contribution in [0.5, 0.6) is 0 Å². The monoisotopic (exact) mass is 196 g/mol. The molecule has 0 amide bonds. The van der Waals surface area contributed by atoms with Gasteiger partial charge in [0, 0.05) is 18.6 Å². The minimum Gasteiger partial charge on any atom is -0.310 e. The lowest BCUT2D eigenvalue weighted by atomic mass is 9.95. The molecule has 1 saturated heterocycles. The third kappa shape index (κ3) is 2.71. The summed E-state index contributed by atoms with van der Waals surface area (Å²) in [5.41, 5.74) is 0. The van der Waals surface area contributed by atoms with E-state index < -0.39 is 0 Å². The van der Waals surface area contributed by atoms with E-state index in [1.807, 2.05) is 0 Å². The molecule has 2 rings (SSSR count). The molecule has 2 nitrogen and oxygen atoms in total. The zero-order valence-electron chi connectivity index (χ0n) is 9.47. The lowest BCUT2D eigenvalue weighted by Crippen LogP contribution is -2.41. The number of hydrogen-bond donors (Lipinski definition) is 1. The SMILES string of the molecule is CCN1CC[C@H](NC2CCCCC2)C1. The molecule has 1 aliphatic heterocycles. The number of nitrogens with zero attached hydrogens (tertiary/aromatic N) is 1. The molecule has 14 heavy (non-hydrogen) atoms. The van der Waals surface area contributed by atoms with E-state index >= 15 is 0 Å². The fraction of sp³-hybridized carbons (Fsp3) is 1.00. The van der Waals surface area contributed by atoms with Crippen molar-refractivity contribution in [1.82, 2.24) is 10.2 Å². The molecule has 2 heteroatoms. The van der Waals surface area contributed by atoms with Gasteiger partial charge in [-0.1, -0.05) is 26.2 Å². The molecular formula is C12H24N2. The number of likely N-dealkylation sites (N-methyl/N-ethyl adjacent to an activating group) is 1. The van der Waals surface area contributed by atoms with Crippen molar-refractivity contribution in [3.05, 3.63) is 0 Å².